The second-order valence-electron chi connectivity index (χ2n) is 5.82. The smallest absolute Gasteiger partial charge is 0.325 e. The lowest BCUT2D eigenvalue weighted by Gasteiger charge is -2.25. The Morgan fingerprint density at radius 2 is 1.77 bits per heavy atom. The summed E-state index contributed by atoms with van der Waals surface area (Å²) in [6.07, 6.45) is 0.236. The molecular formula is C17H21FN4O4. The van der Waals surface area contributed by atoms with Gasteiger partial charge in [-0.25, -0.2) is 9.18 Å². The van der Waals surface area contributed by atoms with Gasteiger partial charge in [0.25, 0.3) is 5.91 Å². The van der Waals surface area contributed by atoms with Crippen molar-refractivity contribution in [2.45, 2.75) is 25.8 Å². The van der Waals surface area contributed by atoms with Gasteiger partial charge in [0.05, 0.1) is 6.54 Å². The molecule has 9 heteroatoms. The minimum absolute atomic E-state index is 0.236. The molecule has 0 aliphatic carbocycles. The lowest BCUT2D eigenvalue weighted by Crippen LogP contribution is -2.46. The summed E-state index contributed by atoms with van der Waals surface area (Å²) in [5.41, 5.74) is -0.907. The minimum atomic E-state index is -1.34. The van der Waals surface area contributed by atoms with Crippen molar-refractivity contribution in [3.63, 3.8) is 0 Å². The van der Waals surface area contributed by atoms with E-state index in [1.165, 1.54) is 24.3 Å². The zero-order valence-corrected chi connectivity index (χ0v) is 14.6. The van der Waals surface area contributed by atoms with E-state index >= 15 is 0 Å². The van der Waals surface area contributed by atoms with Crippen molar-refractivity contribution < 1.29 is 23.6 Å². The number of hydrogen-bond acceptors (Lipinski definition) is 4. The summed E-state index contributed by atoms with van der Waals surface area (Å²) in [6, 6.07) is 4.54. The Morgan fingerprint density at radius 3 is 2.35 bits per heavy atom. The number of carbonyl (C=O) groups excluding carboxylic acids is 4. The summed E-state index contributed by atoms with van der Waals surface area (Å²) in [7, 11) is 0. The number of halogens is 1. The summed E-state index contributed by atoms with van der Waals surface area (Å²) in [4.78, 5) is 49.2. The number of nitrogens with zero attached hydrogens (tertiary/aromatic N) is 1. The van der Waals surface area contributed by atoms with Crippen LogP contribution in [0.25, 0.3) is 0 Å². The molecule has 1 aliphatic rings. The Kier molecular flexibility index (Phi) is 5.91. The molecule has 0 aromatic heterocycles. The minimum Gasteiger partial charge on any atom is -0.355 e. The molecule has 8 nitrogen and oxygen atoms in total. The number of urea groups is 1. The summed E-state index contributed by atoms with van der Waals surface area (Å²) < 4.78 is 13.2. The Balaban J connectivity index is 2.10. The highest BCUT2D eigenvalue weighted by molar-refractivity contribution is 6.09. The van der Waals surface area contributed by atoms with E-state index in [0.29, 0.717) is 12.1 Å². The number of carbonyl (C=O) groups is 4. The van der Waals surface area contributed by atoms with E-state index in [1.54, 1.807) is 13.8 Å². The van der Waals surface area contributed by atoms with Gasteiger partial charge in [0.1, 0.15) is 17.9 Å². The first kappa shape index (κ1) is 19.4. The molecule has 1 saturated heterocycles. The second kappa shape index (κ2) is 7.94. The topological polar surface area (TPSA) is 108 Å². The van der Waals surface area contributed by atoms with Gasteiger partial charge in [0, 0.05) is 6.54 Å². The van der Waals surface area contributed by atoms with Crippen molar-refractivity contribution in [3.8, 4) is 0 Å². The van der Waals surface area contributed by atoms with Gasteiger partial charge in [0.2, 0.25) is 11.8 Å². The fourth-order valence-electron chi connectivity index (χ4n) is 2.78. The van der Waals surface area contributed by atoms with Gasteiger partial charge >= 0.3 is 6.03 Å². The number of rotatable bonds is 7. The number of amides is 5. The summed E-state index contributed by atoms with van der Waals surface area (Å²) in [5, 5.41) is 7.47. The van der Waals surface area contributed by atoms with Crippen LogP contribution < -0.4 is 16.0 Å². The third-order valence-corrected chi connectivity index (χ3v) is 4.16. The molecule has 0 radical (unpaired) electrons. The SMILES string of the molecule is CCNC(=O)CNC(=O)CN1C(=O)N[C@@](CC)(c2ccc(F)cc2)C1=O. The Morgan fingerprint density at radius 1 is 1.12 bits per heavy atom. The fraction of sp³-hybridized carbons (Fsp3) is 0.412. The zero-order chi connectivity index (χ0) is 19.3. The van der Waals surface area contributed by atoms with Crippen molar-refractivity contribution in [1.29, 1.82) is 0 Å². The van der Waals surface area contributed by atoms with Crippen LogP contribution in [0, 0.1) is 5.82 Å². The van der Waals surface area contributed by atoms with Gasteiger partial charge in [-0.2, -0.15) is 0 Å². The molecule has 3 N–H and O–H groups in total. The van der Waals surface area contributed by atoms with Gasteiger partial charge < -0.3 is 16.0 Å². The average molecular weight is 364 g/mol. The van der Waals surface area contributed by atoms with Gasteiger partial charge in [-0.3, -0.25) is 19.3 Å². The summed E-state index contributed by atoms with van der Waals surface area (Å²) >= 11 is 0. The molecule has 1 aliphatic heterocycles. The van der Waals surface area contributed by atoms with Crippen LogP contribution >= 0.6 is 0 Å². The highest BCUT2D eigenvalue weighted by Crippen LogP contribution is 2.32. The molecule has 1 aromatic rings. The molecule has 0 saturated carbocycles. The molecule has 0 unspecified atom stereocenters. The number of nitrogens with one attached hydrogen (secondary N) is 3. The molecule has 1 aromatic carbocycles. The molecule has 140 valence electrons. The van der Waals surface area contributed by atoms with Crippen LogP contribution in [0.4, 0.5) is 9.18 Å². The largest absolute Gasteiger partial charge is 0.355 e. The summed E-state index contributed by atoms with van der Waals surface area (Å²) in [5.74, 6) is -2.05. The summed E-state index contributed by atoms with van der Waals surface area (Å²) in [6.45, 7) is 3.13. The standard InChI is InChI=1S/C17H21FN4O4/c1-3-17(11-5-7-12(18)8-6-11)15(25)22(16(26)21-17)10-14(24)20-9-13(23)19-4-2/h5-8H,3-4,9-10H2,1-2H3,(H,19,23)(H,20,24)(H,21,26)/t17-/m0/s1. The maximum absolute atomic E-state index is 13.2. The first-order chi connectivity index (χ1) is 12.3. The van der Waals surface area contributed by atoms with Crippen LogP contribution in [0.2, 0.25) is 0 Å². The van der Waals surface area contributed by atoms with Crippen LogP contribution in [0.15, 0.2) is 24.3 Å². The van der Waals surface area contributed by atoms with Crippen LogP contribution in [-0.4, -0.2) is 48.3 Å². The fourth-order valence-corrected chi connectivity index (χ4v) is 2.78. The van der Waals surface area contributed by atoms with Gasteiger partial charge in [-0.1, -0.05) is 19.1 Å². The maximum atomic E-state index is 13.2. The van der Waals surface area contributed by atoms with Gasteiger partial charge in [0.15, 0.2) is 0 Å². The van der Waals surface area contributed by atoms with Crippen molar-refractivity contribution in [1.82, 2.24) is 20.9 Å². The molecule has 1 fully saturated rings. The molecule has 2 rings (SSSR count). The van der Waals surface area contributed by atoms with Crippen LogP contribution in [0.3, 0.4) is 0 Å². The van der Waals surface area contributed by atoms with E-state index < -0.39 is 35.7 Å². The predicted octanol–water partition coefficient (Wildman–Crippen LogP) is 0.235. The zero-order valence-electron chi connectivity index (χ0n) is 14.6. The third-order valence-electron chi connectivity index (χ3n) is 4.16. The monoisotopic (exact) mass is 364 g/mol. The second-order valence-corrected chi connectivity index (χ2v) is 5.82. The number of likely N-dealkylation sites (N-methyl/N-ethyl adjacent to an activating group) is 1. The van der Waals surface area contributed by atoms with E-state index in [0.717, 1.165) is 4.90 Å². The molecule has 0 spiro atoms. The van der Waals surface area contributed by atoms with Gasteiger partial charge in [-0.05, 0) is 31.0 Å². The van der Waals surface area contributed by atoms with Crippen molar-refractivity contribution in [2.75, 3.05) is 19.6 Å². The molecule has 1 heterocycles. The van der Waals surface area contributed by atoms with E-state index in [4.69, 9.17) is 0 Å². The van der Waals surface area contributed by atoms with Crippen LogP contribution in [0.5, 0.6) is 0 Å². The van der Waals surface area contributed by atoms with Crippen LogP contribution in [0.1, 0.15) is 25.8 Å². The van der Waals surface area contributed by atoms with Crippen molar-refractivity contribution in [3.05, 3.63) is 35.6 Å². The van der Waals surface area contributed by atoms with E-state index in [1.807, 2.05) is 0 Å². The molecule has 0 bridgehead atoms. The van der Waals surface area contributed by atoms with Gasteiger partial charge in [-0.15, -0.1) is 0 Å². The number of hydrogen-bond donors (Lipinski definition) is 3. The normalized spacial score (nSPS) is 19.3. The Bertz CT molecular complexity index is 722. The molecule has 1 atom stereocenters. The Labute approximate surface area is 150 Å². The first-order valence-electron chi connectivity index (χ1n) is 8.27. The average Bonchev–Trinajstić information content (AvgIpc) is 2.86. The van der Waals surface area contributed by atoms with Crippen molar-refractivity contribution >= 4 is 23.8 Å². The van der Waals surface area contributed by atoms with Crippen LogP contribution in [-0.2, 0) is 19.9 Å². The first-order valence-corrected chi connectivity index (χ1v) is 8.27. The lowest BCUT2D eigenvalue weighted by atomic mass is 9.87. The number of imide groups is 1. The Hall–Kier alpha value is -2.97. The van der Waals surface area contributed by atoms with E-state index in [9.17, 15) is 23.6 Å². The maximum Gasteiger partial charge on any atom is 0.325 e. The van der Waals surface area contributed by atoms with E-state index in [-0.39, 0.29) is 18.9 Å². The predicted molar refractivity (Wildman–Crippen MR) is 90.3 cm³/mol. The van der Waals surface area contributed by atoms with Crippen molar-refractivity contribution in [2.24, 2.45) is 0 Å². The number of benzene rings is 1. The third kappa shape index (κ3) is 3.81. The molecule has 5 amide bonds. The molecule has 26 heavy (non-hydrogen) atoms. The highest BCUT2D eigenvalue weighted by Gasteiger charge is 2.51. The lowest BCUT2D eigenvalue weighted by molar-refractivity contribution is -0.135. The quantitative estimate of drug-likeness (QED) is 0.602. The molecular weight excluding hydrogens is 343 g/mol. The van der Waals surface area contributed by atoms with E-state index in [2.05, 4.69) is 16.0 Å². The highest BCUT2D eigenvalue weighted by atomic mass is 19.1.